The van der Waals surface area contributed by atoms with Gasteiger partial charge in [-0.15, -0.1) is 0 Å². The highest BCUT2D eigenvalue weighted by Crippen LogP contribution is 2.50. The molecule has 0 bridgehead atoms. The second-order valence-electron chi connectivity index (χ2n) is 27.9. The Kier molecular flexibility index (Phi) is 11.9. The fraction of sp³-hybridized carbons (Fsp3) is 0.308. The molecule has 6 heterocycles. The number of benzene rings is 9. The number of rotatable bonds is 10. The minimum atomic E-state index is -0.158. The van der Waals surface area contributed by atoms with Gasteiger partial charge in [-0.1, -0.05) is 194 Å². The lowest BCUT2D eigenvalue weighted by Crippen LogP contribution is -2.63. The van der Waals surface area contributed by atoms with Crippen LogP contribution < -0.4 is 42.3 Å². The molecule has 0 radical (unpaired) electrons. The molecule has 0 N–H and O–H groups in total. The first-order valence-electron chi connectivity index (χ1n) is 31.7. The van der Waals surface area contributed by atoms with Gasteiger partial charge in [-0.05, 0) is 186 Å². The zero-order valence-electron chi connectivity index (χ0n) is 51.9. The average Bonchev–Trinajstić information content (AvgIpc) is 1.27. The van der Waals surface area contributed by atoms with Crippen LogP contribution in [0.3, 0.4) is 0 Å². The lowest BCUT2D eigenvalue weighted by atomic mass is 9.31. The first-order chi connectivity index (χ1) is 40.4. The smallest absolute Gasteiger partial charge is 0.256 e. The molecule has 9 aromatic carbocycles. The van der Waals surface area contributed by atoms with Crippen molar-refractivity contribution >= 4 is 89.8 Å². The second kappa shape index (κ2) is 18.9. The lowest BCUT2D eigenvalue weighted by molar-refractivity contribution is 0.472. The van der Waals surface area contributed by atoms with Gasteiger partial charge in [0.15, 0.2) is 0 Å². The molecule has 0 saturated carbocycles. The molecule has 0 aliphatic carbocycles. The number of hydrogen-bond donors (Lipinski definition) is 0. The molecule has 0 fully saturated rings. The Bertz CT molecular complexity index is 4290. The first kappa shape index (κ1) is 53.1. The summed E-state index contributed by atoms with van der Waals surface area (Å²) in [6, 6.07) is 57.6. The highest BCUT2D eigenvalue weighted by atomic mass is 16.5. The lowest BCUT2D eigenvalue weighted by Gasteiger charge is -2.41. The van der Waals surface area contributed by atoms with E-state index in [-0.39, 0.29) is 24.3 Å². The summed E-state index contributed by atoms with van der Waals surface area (Å²) < 4.78 is 21.3. The Hall–Kier alpha value is -7.69. The maximum Gasteiger partial charge on any atom is 0.256 e. The van der Waals surface area contributed by atoms with Crippen molar-refractivity contribution in [2.24, 2.45) is 0 Å². The molecule has 418 valence electrons. The fourth-order valence-electron chi connectivity index (χ4n) is 15.0. The van der Waals surface area contributed by atoms with Crippen molar-refractivity contribution in [3.63, 3.8) is 0 Å². The largest absolute Gasteiger partial charge is 0.456 e. The standard InChI is InChI=1S/C78H78B2N2O2/c1-15-43(5)49-25-33-65-57(35-49)59-37-53(45(7)17-3)39-63-71(59)81(65)73-69-76(84-67-41-51(23-31-61(67)79(63)69)47-19-27-55(28-20-47)77(9,10)11)74-70-75(73)83-68-42-52(48-21-29-56(30-22-48)78(12,13)14)24-32-62(68)80(70)64-40-54(46(8)18-4)38-60-58-36-50(44(6)16-2)26-34-66(58)82(74)72(60)64/h19-46H,15-18H2,1-14H3. The van der Waals surface area contributed by atoms with Crippen LogP contribution in [0.2, 0.25) is 0 Å². The van der Waals surface area contributed by atoms with E-state index in [1.807, 2.05) is 0 Å². The summed E-state index contributed by atoms with van der Waals surface area (Å²) in [5.41, 5.74) is 27.5. The predicted octanol–water partition coefficient (Wildman–Crippen LogP) is 17.7. The van der Waals surface area contributed by atoms with Crippen molar-refractivity contribution in [2.75, 3.05) is 0 Å². The molecule has 4 unspecified atom stereocenters. The van der Waals surface area contributed by atoms with Gasteiger partial charge >= 0.3 is 0 Å². The van der Waals surface area contributed by atoms with Crippen LogP contribution in [0.15, 0.2) is 146 Å². The van der Waals surface area contributed by atoms with E-state index in [0.29, 0.717) is 23.7 Å². The summed E-state index contributed by atoms with van der Waals surface area (Å²) in [6.45, 7) is 32.3. The topological polar surface area (TPSA) is 28.3 Å². The third-order valence-electron chi connectivity index (χ3n) is 20.9. The highest BCUT2D eigenvalue weighted by molar-refractivity contribution is 7.02. The highest BCUT2D eigenvalue weighted by Gasteiger charge is 2.51. The molecule has 11 aromatic rings. The molecule has 4 nitrogen and oxygen atoms in total. The fourth-order valence-corrected chi connectivity index (χ4v) is 15.0. The van der Waals surface area contributed by atoms with Crippen LogP contribution in [-0.4, -0.2) is 22.6 Å². The van der Waals surface area contributed by atoms with Crippen LogP contribution >= 0.6 is 0 Å². The third kappa shape index (κ3) is 7.66. The zero-order valence-corrected chi connectivity index (χ0v) is 51.9. The molecule has 84 heavy (non-hydrogen) atoms. The first-order valence-corrected chi connectivity index (χ1v) is 31.7. The van der Waals surface area contributed by atoms with Gasteiger partial charge in [-0.2, -0.15) is 0 Å². The number of ether oxygens (including phenoxy) is 2. The monoisotopic (exact) mass is 1100 g/mol. The number of fused-ring (bicyclic) bond motifs is 16. The van der Waals surface area contributed by atoms with Crippen molar-refractivity contribution < 1.29 is 9.47 Å². The van der Waals surface area contributed by atoms with E-state index in [9.17, 15) is 0 Å². The predicted molar refractivity (Wildman–Crippen MR) is 361 cm³/mol. The Labute approximate surface area is 498 Å². The molecular formula is C78H78B2N2O2. The van der Waals surface area contributed by atoms with Crippen LogP contribution in [0.4, 0.5) is 0 Å². The second-order valence-corrected chi connectivity index (χ2v) is 27.9. The molecule has 4 atom stereocenters. The van der Waals surface area contributed by atoms with Gasteiger partial charge in [0, 0.05) is 43.5 Å². The van der Waals surface area contributed by atoms with Crippen LogP contribution in [-0.2, 0) is 10.8 Å². The molecule has 0 spiro atoms. The van der Waals surface area contributed by atoms with Crippen LogP contribution in [0.1, 0.15) is 180 Å². The van der Waals surface area contributed by atoms with E-state index in [4.69, 9.17) is 9.47 Å². The molecule has 2 aromatic heterocycles. The molecule has 4 aliphatic rings. The van der Waals surface area contributed by atoms with Crippen LogP contribution in [0, 0.1) is 0 Å². The van der Waals surface area contributed by atoms with Gasteiger partial charge in [0.1, 0.15) is 23.0 Å². The van der Waals surface area contributed by atoms with Gasteiger partial charge in [-0.25, -0.2) is 0 Å². The maximum absolute atomic E-state index is 8.03. The van der Waals surface area contributed by atoms with Crippen molar-refractivity contribution in [3.8, 4) is 56.6 Å². The van der Waals surface area contributed by atoms with E-state index in [0.717, 1.165) is 71.2 Å². The number of aromatic nitrogens is 2. The minimum absolute atomic E-state index is 0.0505. The third-order valence-corrected chi connectivity index (χ3v) is 20.9. The molecule has 6 heteroatoms. The summed E-state index contributed by atoms with van der Waals surface area (Å²) in [6.07, 6.45) is 4.25. The van der Waals surface area contributed by atoms with Gasteiger partial charge in [0.05, 0.1) is 22.4 Å². The van der Waals surface area contributed by atoms with E-state index in [2.05, 4.69) is 252 Å². The Morgan fingerprint density at radius 3 is 1.07 bits per heavy atom. The van der Waals surface area contributed by atoms with E-state index in [1.165, 1.54) is 121 Å². The van der Waals surface area contributed by atoms with Gasteiger partial charge in [0.2, 0.25) is 0 Å². The van der Waals surface area contributed by atoms with E-state index < -0.39 is 0 Å². The van der Waals surface area contributed by atoms with Gasteiger partial charge in [0.25, 0.3) is 13.4 Å². The van der Waals surface area contributed by atoms with Crippen LogP contribution in [0.25, 0.3) is 77.2 Å². The molecule has 0 amide bonds. The summed E-state index contributed by atoms with van der Waals surface area (Å²) in [5.74, 6) is 5.26. The van der Waals surface area contributed by atoms with Crippen molar-refractivity contribution in [2.45, 2.75) is 157 Å². The Morgan fingerprint density at radius 2 is 0.714 bits per heavy atom. The summed E-state index contributed by atoms with van der Waals surface area (Å²) >= 11 is 0. The van der Waals surface area contributed by atoms with Crippen molar-refractivity contribution in [3.05, 3.63) is 179 Å². The molecule has 15 rings (SSSR count). The normalized spacial score (nSPS) is 15.2. The van der Waals surface area contributed by atoms with Gasteiger partial charge in [-0.3, -0.25) is 0 Å². The summed E-state index contributed by atoms with van der Waals surface area (Å²) in [7, 11) is 0. The molecule has 0 saturated heterocycles. The van der Waals surface area contributed by atoms with Crippen molar-refractivity contribution in [1.29, 1.82) is 0 Å². The summed E-state index contributed by atoms with van der Waals surface area (Å²) in [4.78, 5) is 0. The zero-order chi connectivity index (χ0) is 58.2. The quantitative estimate of drug-likeness (QED) is 0.128. The SMILES string of the molecule is CCC(C)c1ccc2c(c1)c1cc(C(C)CC)cc3c1n2-c1c2c4c(c5c1B3c1ccc(-c3ccc(C(C)(C)C)cc3)cc1O5)-n1c3ccc(C(C)CC)cc3c3cc(C(C)CC)cc(c31)B4c1ccc(-c3ccc(C(C)(C)C)cc3)cc1O2. The Balaban J connectivity index is 1.11. The van der Waals surface area contributed by atoms with E-state index >= 15 is 0 Å². The average molecular weight is 1100 g/mol. The number of nitrogens with zero attached hydrogens (tertiary/aromatic N) is 2. The molecule has 4 aliphatic heterocycles. The molecular weight excluding hydrogens is 1020 g/mol. The van der Waals surface area contributed by atoms with Crippen LogP contribution in [0.5, 0.6) is 23.0 Å². The minimum Gasteiger partial charge on any atom is -0.456 e. The van der Waals surface area contributed by atoms with E-state index in [1.54, 1.807) is 0 Å². The summed E-state index contributed by atoms with van der Waals surface area (Å²) in [5, 5.41) is 5.23. The Morgan fingerprint density at radius 1 is 0.369 bits per heavy atom. The van der Waals surface area contributed by atoms with Crippen molar-refractivity contribution in [1.82, 2.24) is 9.13 Å². The van der Waals surface area contributed by atoms with Gasteiger partial charge < -0.3 is 18.6 Å². The number of hydrogen-bond acceptors (Lipinski definition) is 2. The maximum atomic E-state index is 8.03.